The Morgan fingerprint density at radius 3 is 3.00 bits per heavy atom. The van der Waals surface area contributed by atoms with Crippen molar-refractivity contribution < 1.29 is 9.90 Å². The van der Waals surface area contributed by atoms with E-state index >= 15 is 0 Å². The summed E-state index contributed by atoms with van der Waals surface area (Å²) in [6, 6.07) is 7.49. The molecular weight excluding hydrogens is 226 g/mol. The molecule has 4 heteroatoms. The molecular formula is C12H14ClNO2. The van der Waals surface area contributed by atoms with Crippen molar-refractivity contribution in [3.05, 3.63) is 35.4 Å². The van der Waals surface area contributed by atoms with Crippen LogP contribution in [0.3, 0.4) is 0 Å². The van der Waals surface area contributed by atoms with Crippen molar-refractivity contribution in [1.82, 2.24) is 5.32 Å². The molecule has 2 N–H and O–H groups in total. The van der Waals surface area contributed by atoms with E-state index in [1.807, 2.05) is 24.3 Å². The summed E-state index contributed by atoms with van der Waals surface area (Å²) in [5.74, 6) is 0.187. The van der Waals surface area contributed by atoms with Crippen molar-refractivity contribution in [2.75, 3.05) is 5.88 Å². The SMILES string of the molecule is O=C(CCCl)N[C@@H]1c2ccccc2C[C@@H]1O. The molecule has 2 atom stereocenters. The number of fused-ring (bicyclic) bond motifs is 1. The predicted octanol–water partition coefficient (Wildman–Crippen LogP) is 1.39. The number of carbonyl (C=O) groups is 1. The monoisotopic (exact) mass is 239 g/mol. The summed E-state index contributed by atoms with van der Waals surface area (Å²) in [6.45, 7) is 0. The fourth-order valence-corrected chi connectivity index (χ4v) is 2.25. The first-order chi connectivity index (χ1) is 7.72. The average molecular weight is 240 g/mol. The number of carbonyl (C=O) groups excluding carboxylic acids is 1. The van der Waals surface area contributed by atoms with Crippen LogP contribution in [-0.4, -0.2) is 23.0 Å². The van der Waals surface area contributed by atoms with Crippen LogP contribution in [0.15, 0.2) is 24.3 Å². The highest BCUT2D eigenvalue weighted by Crippen LogP contribution is 2.31. The van der Waals surface area contributed by atoms with Crippen molar-refractivity contribution in [2.24, 2.45) is 0 Å². The van der Waals surface area contributed by atoms with E-state index in [1.165, 1.54) is 0 Å². The molecule has 2 rings (SSSR count). The maximum atomic E-state index is 11.4. The van der Waals surface area contributed by atoms with Crippen LogP contribution in [0.4, 0.5) is 0 Å². The summed E-state index contributed by atoms with van der Waals surface area (Å²) in [6.07, 6.45) is 0.353. The van der Waals surface area contributed by atoms with Gasteiger partial charge in [-0.05, 0) is 11.1 Å². The average Bonchev–Trinajstić information content (AvgIpc) is 2.56. The number of nitrogens with one attached hydrogen (secondary N) is 1. The van der Waals surface area contributed by atoms with Gasteiger partial charge in [-0.1, -0.05) is 24.3 Å². The largest absolute Gasteiger partial charge is 0.390 e. The molecule has 0 unspecified atom stereocenters. The van der Waals surface area contributed by atoms with Crippen molar-refractivity contribution in [3.63, 3.8) is 0 Å². The minimum Gasteiger partial charge on any atom is -0.390 e. The highest BCUT2D eigenvalue weighted by Gasteiger charge is 2.31. The van der Waals surface area contributed by atoms with Gasteiger partial charge in [-0.2, -0.15) is 0 Å². The van der Waals surface area contributed by atoms with Crippen molar-refractivity contribution >= 4 is 17.5 Å². The van der Waals surface area contributed by atoms with E-state index in [0.717, 1.165) is 11.1 Å². The Kier molecular flexibility index (Phi) is 3.46. The quantitative estimate of drug-likeness (QED) is 0.784. The molecule has 16 heavy (non-hydrogen) atoms. The van der Waals surface area contributed by atoms with Crippen LogP contribution in [0.25, 0.3) is 0 Å². The van der Waals surface area contributed by atoms with Crippen LogP contribution >= 0.6 is 11.6 Å². The van der Waals surface area contributed by atoms with Gasteiger partial charge in [0, 0.05) is 18.7 Å². The topological polar surface area (TPSA) is 49.3 Å². The van der Waals surface area contributed by atoms with Gasteiger partial charge in [-0.15, -0.1) is 11.6 Å². The highest BCUT2D eigenvalue weighted by molar-refractivity contribution is 6.18. The summed E-state index contributed by atoms with van der Waals surface area (Å²) < 4.78 is 0. The van der Waals surface area contributed by atoms with Gasteiger partial charge in [0.2, 0.25) is 5.91 Å². The van der Waals surface area contributed by atoms with Crippen LogP contribution in [0, 0.1) is 0 Å². The molecule has 0 spiro atoms. The lowest BCUT2D eigenvalue weighted by Gasteiger charge is -2.17. The normalized spacial score (nSPS) is 22.9. The number of alkyl halides is 1. The first-order valence-electron chi connectivity index (χ1n) is 5.33. The van der Waals surface area contributed by atoms with Gasteiger partial charge in [0.05, 0.1) is 12.1 Å². The summed E-state index contributed by atoms with van der Waals surface area (Å²) in [4.78, 5) is 11.4. The summed E-state index contributed by atoms with van der Waals surface area (Å²) in [5, 5.41) is 12.7. The molecule has 1 aromatic carbocycles. The first-order valence-corrected chi connectivity index (χ1v) is 5.87. The van der Waals surface area contributed by atoms with Crippen LogP contribution in [0.5, 0.6) is 0 Å². The number of hydrogen-bond donors (Lipinski definition) is 2. The molecule has 0 aliphatic heterocycles. The first kappa shape index (κ1) is 11.4. The van der Waals surface area contributed by atoms with E-state index in [4.69, 9.17) is 11.6 Å². The molecule has 1 aliphatic rings. The third kappa shape index (κ3) is 2.20. The van der Waals surface area contributed by atoms with E-state index in [9.17, 15) is 9.90 Å². The van der Waals surface area contributed by atoms with Crippen molar-refractivity contribution in [3.8, 4) is 0 Å². The van der Waals surface area contributed by atoms with E-state index in [2.05, 4.69) is 5.32 Å². The Morgan fingerprint density at radius 2 is 2.25 bits per heavy atom. The van der Waals surface area contributed by atoms with Gasteiger partial charge in [-0.3, -0.25) is 4.79 Å². The molecule has 0 radical (unpaired) electrons. The third-order valence-electron chi connectivity index (χ3n) is 2.84. The maximum absolute atomic E-state index is 11.4. The lowest BCUT2D eigenvalue weighted by Crippen LogP contribution is -2.33. The van der Waals surface area contributed by atoms with Crippen LogP contribution < -0.4 is 5.32 Å². The number of halogens is 1. The van der Waals surface area contributed by atoms with Crippen molar-refractivity contribution in [2.45, 2.75) is 25.0 Å². The van der Waals surface area contributed by atoms with Crippen molar-refractivity contribution in [1.29, 1.82) is 0 Å². The van der Waals surface area contributed by atoms with Gasteiger partial charge in [0.1, 0.15) is 0 Å². The van der Waals surface area contributed by atoms with E-state index in [-0.39, 0.29) is 18.4 Å². The summed E-state index contributed by atoms with van der Waals surface area (Å²) >= 11 is 5.50. The Labute approximate surface area is 99.4 Å². The minimum absolute atomic E-state index is 0.115. The molecule has 3 nitrogen and oxygen atoms in total. The van der Waals surface area contributed by atoms with Crippen LogP contribution in [-0.2, 0) is 11.2 Å². The number of aliphatic hydroxyl groups is 1. The third-order valence-corrected chi connectivity index (χ3v) is 3.03. The Balaban J connectivity index is 2.13. The maximum Gasteiger partial charge on any atom is 0.221 e. The molecule has 1 aromatic rings. The summed E-state index contributed by atoms with van der Waals surface area (Å²) in [7, 11) is 0. The Bertz CT molecular complexity index is 394. The lowest BCUT2D eigenvalue weighted by molar-refractivity contribution is -0.122. The molecule has 0 heterocycles. The molecule has 0 saturated carbocycles. The van der Waals surface area contributed by atoms with E-state index in [1.54, 1.807) is 0 Å². The smallest absolute Gasteiger partial charge is 0.221 e. The molecule has 0 bridgehead atoms. The van der Waals surface area contributed by atoms with Gasteiger partial charge in [0.25, 0.3) is 0 Å². The molecule has 1 amide bonds. The number of hydrogen-bond acceptors (Lipinski definition) is 2. The van der Waals surface area contributed by atoms with E-state index < -0.39 is 6.10 Å². The number of aliphatic hydroxyl groups excluding tert-OH is 1. The highest BCUT2D eigenvalue weighted by atomic mass is 35.5. The zero-order valence-corrected chi connectivity index (χ0v) is 9.57. The fourth-order valence-electron chi connectivity index (χ4n) is 2.08. The van der Waals surface area contributed by atoms with Crippen LogP contribution in [0.2, 0.25) is 0 Å². The number of benzene rings is 1. The minimum atomic E-state index is -0.531. The number of rotatable bonds is 3. The van der Waals surface area contributed by atoms with Crippen LogP contribution in [0.1, 0.15) is 23.6 Å². The number of amides is 1. The lowest BCUT2D eigenvalue weighted by atomic mass is 10.1. The second-order valence-corrected chi connectivity index (χ2v) is 4.33. The summed E-state index contributed by atoms with van der Waals surface area (Å²) in [5.41, 5.74) is 2.11. The zero-order chi connectivity index (χ0) is 11.5. The van der Waals surface area contributed by atoms with Gasteiger partial charge >= 0.3 is 0 Å². The van der Waals surface area contributed by atoms with E-state index in [0.29, 0.717) is 12.3 Å². The Hall–Kier alpha value is -1.06. The molecule has 0 fully saturated rings. The molecule has 86 valence electrons. The standard InChI is InChI=1S/C12H14ClNO2/c13-6-5-11(16)14-12-9-4-2-1-3-8(9)7-10(12)15/h1-4,10,12,15H,5-7H2,(H,14,16)/t10-,12+/m0/s1. The second-order valence-electron chi connectivity index (χ2n) is 3.95. The second kappa shape index (κ2) is 4.85. The Morgan fingerprint density at radius 1 is 1.50 bits per heavy atom. The molecule has 0 saturated heterocycles. The zero-order valence-electron chi connectivity index (χ0n) is 8.82. The van der Waals surface area contributed by atoms with Gasteiger partial charge < -0.3 is 10.4 Å². The fraction of sp³-hybridized carbons (Fsp3) is 0.417. The predicted molar refractivity (Wildman–Crippen MR) is 62.4 cm³/mol. The van der Waals surface area contributed by atoms with Gasteiger partial charge in [0.15, 0.2) is 0 Å². The molecule has 0 aromatic heterocycles. The molecule has 1 aliphatic carbocycles. The van der Waals surface area contributed by atoms with Gasteiger partial charge in [-0.25, -0.2) is 0 Å².